The Bertz CT molecular complexity index is 553. The number of benzene rings is 1. The van der Waals surface area contributed by atoms with Crippen LogP contribution in [0.3, 0.4) is 0 Å². The van der Waals surface area contributed by atoms with Gasteiger partial charge in [-0.15, -0.1) is 0 Å². The molecule has 22 heavy (non-hydrogen) atoms. The van der Waals surface area contributed by atoms with Crippen LogP contribution in [0.2, 0.25) is 0 Å². The Morgan fingerprint density at radius 3 is 2.82 bits per heavy atom. The lowest BCUT2D eigenvalue weighted by atomic mass is 9.84. The van der Waals surface area contributed by atoms with E-state index in [2.05, 4.69) is 10.2 Å². The third-order valence-corrected chi connectivity index (χ3v) is 5.33. The molecule has 0 aromatic heterocycles. The van der Waals surface area contributed by atoms with E-state index in [1.807, 2.05) is 29.7 Å². The van der Waals surface area contributed by atoms with Crippen LogP contribution in [0, 0.1) is 5.92 Å². The number of piperidine rings is 3. The van der Waals surface area contributed by atoms with Crippen LogP contribution in [-0.4, -0.2) is 43.6 Å². The molecule has 3 aliphatic rings. The second-order valence-corrected chi connectivity index (χ2v) is 6.77. The fourth-order valence-electron chi connectivity index (χ4n) is 3.24. The molecule has 1 amide bonds. The lowest BCUT2D eigenvalue weighted by Crippen LogP contribution is -2.57. The molecule has 2 bridgehead atoms. The molecule has 3 heterocycles. The number of para-hydroxylation sites is 1. The predicted molar refractivity (Wildman–Crippen MR) is 89.1 cm³/mol. The molecular weight excluding hydrogens is 296 g/mol. The number of thioether (sulfide) groups is 1. The van der Waals surface area contributed by atoms with E-state index in [4.69, 9.17) is 4.74 Å². The monoisotopic (exact) mass is 318 g/mol. The molecule has 4 rings (SSSR count). The number of rotatable bonds is 5. The molecule has 1 N–H and O–H groups in total. The van der Waals surface area contributed by atoms with Crippen molar-refractivity contribution in [2.24, 2.45) is 5.92 Å². The van der Waals surface area contributed by atoms with Gasteiger partial charge in [0.15, 0.2) is 0 Å². The zero-order chi connectivity index (χ0) is 15.4. The van der Waals surface area contributed by atoms with Crippen LogP contribution in [0.4, 0.5) is 0 Å². The van der Waals surface area contributed by atoms with Crippen molar-refractivity contribution in [3.05, 3.63) is 35.7 Å². The van der Waals surface area contributed by atoms with Gasteiger partial charge in [0.2, 0.25) is 5.91 Å². The first-order valence-corrected chi connectivity index (χ1v) is 8.63. The Labute approximate surface area is 135 Å². The van der Waals surface area contributed by atoms with Crippen molar-refractivity contribution in [2.75, 3.05) is 26.7 Å². The first-order valence-electron chi connectivity index (χ1n) is 7.75. The van der Waals surface area contributed by atoms with E-state index >= 15 is 0 Å². The average molecular weight is 318 g/mol. The Morgan fingerprint density at radius 2 is 2.14 bits per heavy atom. The molecule has 0 spiro atoms. The number of carbonyl (C=O) groups is 1. The highest BCUT2D eigenvalue weighted by molar-refractivity contribution is 8.02. The van der Waals surface area contributed by atoms with Crippen molar-refractivity contribution in [1.82, 2.24) is 10.2 Å². The van der Waals surface area contributed by atoms with Crippen LogP contribution in [-0.2, 0) is 4.79 Å². The van der Waals surface area contributed by atoms with Gasteiger partial charge in [-0.1, -0.05) is 23.9 Å². The van der Waals surface area contributed by atoms with Crippen molar-refractivity contribution in [1.29, 1.82) is 0 Å². The Kier molecular flexibility index (Phi) is 5.05. The van der Waals surface area contributed by atoms with E-state index < -0.39 is 0 Å². The second-order valence-electron chi connectivity index (χ2n) is 5.82. The molecule has 4 nitrogen and oxygen atoms in total. The Morgan fingerprint density at radius 1 is 1.36 bits per heavy atom. The molecular formula is C17H22N2O2S. The van der Waals surface area contributed by atoms with Crippen molar-refractivity contribution in [2.45, 2.75) is 23.8 Å². The van der Waals surface area contributed by atoms with E-state index in [0.717, 1.165) is 17.2 Å². The van der Waals surface area contributed by atoms with Gasteiger partial charge in [-0.25, -0.2) is 0 Å². The molecule has 5 heteroatoms. The maximum atomic E-state index is 12.1. The number of nitrogens with zero attached hydrogens (tertiary/aromatic N) is 1. The zero-order valence-corrected chi connectivity index (χ0v) is 13.6. The summed E-state index contributed by atoms with van der Waals surface area (Å²) in [5.41, 5.74) is 0. The van der Waals surface area contributed by atoms with E-state index in [1.165, 1.54) is 37.7 Å². The highest BCUT2D eigenvalue weighted by Gasteiger charge is 2.34. The summed E-state index contributed by atoms with van der Waals surface area (Å²) in [5.74, 6) is 1.49. The van der Waals surface area contributed by atoms with Gasteiger partial charge >= 0.3 is 0 Å². The molecule has 1 aromatic carbocycles. The van der Waals surface area contributed by atoms with Crippen LogP contribution in [0.25, 0.3) is 0 Å². The Balaban J connectivity index is 1.51. The summed E-state index contributed by atoms with van der Waals surface area (Å²) in [6.07, 6.45) is 4.05. The number of fused-ring (bicyclic) bond motifs is 3. The molecule has 1 aromatic rings. The van der Waals surface area contributed by atoms with Crippen molar-refractivity contribution < 1.29 is 9.53 Å². The standard InChI is InChI=1S/C17H22N2O2S/c1-21-15-4-2-3-5-16(15)22-11-8-17(20)18-14-12-19-9-6-13(14)7-10-19/h2-5,8,11,13-14H,6-7,9-10,12H2,1H3,(H,18,20)/b11-8+/t14-/m0/s1. The summed E-state index contributed by atoms with van der Waals surface area (Å²) in [7, 11) is 1.66. The molecule has 1 atom stereocenters. The third kappa shape index (κ3) is 3.65. The molecule has 118 valence electrons. The number of methoxy groups -OCH3 is 1. The summed E-state index contributed by atoms with van der Waals surface area (Å²) >= 11 is 1.50. The van der Waals surface area contributed by atoms with Crippen LogP contribution in [0.1, 0.15) is 12.8 Å². The number of nitrogens with one attached hydrogen (secondary N) is 1. The van der Waals surface area contributed by atoms with Crippen molar-refractivity contribution >= 4 is 17.7 Å². The lowest BCUT2D eigenvalue weighted by molar-refractivity contribution is -0.118. The van der Waals surface area contributed by atoms with Gasteiger partial charge in [-0.2, -0.15) is 0 Å². The first kappa shape index (κ1) is 15.4. The molecule has 0 aliphatic carbocycles. The van der Waals surface area contributed by atoms with E-state index in [9.17, 15) is 4.79 Å². The summed E-state index contributed by atoms with van der Waals surface area (Å²) in [6.45, 7) is 3.39. The molecule has 0 unspecified atom stereocenters. The van der Waals surface area contributed by atoms with E-state index in [-0.39, 0.29) is 5.91 Å². The molecule has 0 saturated carbocycles. The normalized spacial score (nSPS) is 27.0. The van der Waals surface area contributed by atoms with Crippen molar-refractivity contribution in [3.63, 3.8) is 0 Å². The van der Waals surface area contributed by atoms with Crippen molar-refractivity contribution in [3.8, 4) is 5.75 Å². The summed E-state index contributed by atoms with van der Waals surface area (Å²) < 4.78 is 5.30. The SMILES string of the molecule is COc1ccccc1S/C=C/C(=O)N[C@H]1CN2CCC1CC2. The highest BCUT2D eigenvalue weighted by atomic mass is 32.2. The fraction of sp³-hybridized carbons (Fsp3) is 0.471. The number of hydrogen-bond acceptors (Lipinski definition) is 4. The maximum absolute atomic E-state index is 12.1. The predicted octanol–water partition coefficient (Wildman–Crippen LogP) is 2.51. The largest absolute Gasteiger partial charge is 0.496 e. The molecule has 0 radical (unpaired) electrons. The average Bonchev–Trinajstić information content (AvgIpc) is 2.56. The summed E-state index contributed by atoms with van der Waals surface area (Å²) in [4.78, 5) is 15.5. The number of amides is 1. The minimum Gasteiger partial charge on any atom is -0.496 e. The number of hydrogen-bond donors (Lipinski definition) is 1. The number of carbonyl (C=O) groups excluding carboxylic acids is 1. The zero-order valence-electron chi connectivity index (χ0n) is 12.8. The minimum absolute atomic E-state index is 0.00106. The minimum atomic E-state index is 0.00106. The van der Waals surface area contributed by atoms with Crippen LogP contribution in [0.15, 0.2) is 40.6 Å². The topological polar surface area (TPSA) is 41.6 Å². The van der Waals surface area contributed by atoms with Gasteiger partial charge in [-0.05, 0) is 49.4 Å². The summed E-state index contributed by atoms with van der Waals surface area (Å²) in [6, 6.07) is 8.12. The lowest BCUT2D eigenvalue weighted by Gasteiger charge is -2.44. The van der Waals surface area contributed by atoms with Gasteiger partial charge in [0, 0.05) is 18.7 Å². The van der Waals surface area contributed by atoms with Crippen LogP contribution < -0.4 is 10.1 Å². The molecule has 3 aliphatic heterocycles. The maximum Gasteiger partial charge on any atom is 0.244 e. The third-order valence-electron chi connectivity index (χ3n) is 4.47. The number of ether oxygens (including phenoxy) is 1. The Hall–Kier alpha value is -1.46. The smallest absolute Gasteiger partial charge is 0.244 e. The quantitative estimate of drug-likeness (QED) is 0.669. The first-order chi connectivity index (χ1) is 10.8. The highest BCUT2D eigenvalue weighted by Crippen LogP contribution is 2.29. The van der Waals surface area contributed by atoms with Gasteiger partial charge in [0.1, 0.15) is 5.75 Å². The second kappa shape index (κ2) is 7.20. The molecule has 3 saturated heterocycles. The fourth-order valence-corrected chi connectivity index (χ4v) is 4.01. The molecule has 3 fully saturated rings. The van der Waals surface area contributed by atoms with E-state index in [1.54, 1.807) is 13.2 Å². The summed E-state index contributed by atoms with van der Waals surface area (Å²) in [5, 5.41) is 4.98. The van der Waals surface area contributed by atoms with Gasteiger partial charge in [0.05, 0.1) is 12.0 Å². The van der Waals surface area contributed by atoms with Gasteiger partial charge in [0.25, 0.3) is 0 Å². The van der Waals surface area contributed by atoms with Gasteiger partial charge in [-0.3, -0.25) is 4.79 Å². The van der Waals surface area contributed by atoms with Crippen LogP contribution >= 0.6 is 11.8 Å². The van der Waals surface area contributed by atoms with Crippen LogP contribution in [0.5, 0.6) is 5.75 Å². The van der Waals surface area contributed by atoms with E-state index in [0.29, 0.717) is 12.0 Å². The van der Waals surface area contributed by atoms with Gasteiger partial charge < -0.3 is 15.0 Å².